The van der Waals surface area contributed by atoms with Crippen molar-refractivity contribution in [1.29, 1.82) is 0 Å². The van der Waals surface area contributed by atoms with Gasteiger partial charge in [0.05, 0.1) is 18.9 Å². The topological polar surface area (TPSA) is 48.4 Å². The summed E-state index contributed by atoms with van der Waals surface area (Å²) >= 11 is 4.58. The third-order valence-electron chi connectivity index (χ3n) is 2.48. The summed E-state index contributed by atoms with van der Waals surface area (Å²) in [5.74, 6) is 0.399. The highest BCUT2D eigenvalue weighted by molar-refractivity contribution is 9.11. The molecule has 6 heteroatoms. The molecule has 0 bridgehead atoms. The summed E-state index contributed by atoms with van der Waals surface area (Å²) < 4.78 is 11.2. The zero-order valence-electron chi connectivity index (χ0n) is 11.2. The molecule has 0 N–H and O–H groups in total. The summed E-state index contributed by atoms with van der Waals surface area (Å²) in [6.07, 6.45) is 0. The van der Waals surface area contributed by atoms with Crippen molar-refractivity contribution in [3.63, 3.8) is 0 Å². The van der Waals surface area contributed by atoms with Gasteiger partial charge in [-0.3, -0.25) is 0 Å². The van der Waals surface area contributed by atoms with Gasteiger partial charge in [-0.2, -0.15) is 0 Å². The van der Waals surface area contributed by atoms with Crippen LogP contribution in [0.5, 0.6) is 5.75 Å². The van der Waals surface area contributed by atoms with Crippen LogP contribution >= 0.6 is 27.3 Å². The molecule has 2 aromatic rings. The number of carbonyl (C=O) groups excluding carboxylic acids is 1. The van der Waals surface area contributed by atoms with Crippen LogP contribution in [0.15, 0.2) is 28.2 Å². The monoisotopic (exact) mass is 355 g/mol. The van der Waals surface area contributed by atoms with Crippen LogP contribution in [0.25, 0.3) is 11.3 Å². The highest BCUT2D eigenvalue weighted by atomic mass is 79.9. The molecule has 2 rings (SSSR count). The van der Waals surface area contributed by atoms with Crippen molar-refractivity contribution in [3.05, 3.63) is 33.1 Å². The van der Waals surface area contributed by atoms with Gasteiger partial charge in [-0.1, -0.05) is 23.5 Å². The highest BCUT2D eigenvalue weighted by Crippen LogP contribution is 2.33. The Balaban J connectivity index is 2.41. The molecule has 0 radical (unpaired) electrons. The first-order valence-electron chi connectivity index (χ1n) is 6.22. The molecule has 0 saturated carbocycles. The lowest BCUT2D eigenvalue weighted by atomic mass is 10.1. The maximum Gasteiger partial charge on any atom is 0.350 e. The number of hydrogen-bond acceptors (Lipinski definition) is 5. The third-order valence-corrected chi connectivity index (χ3v) is 3.97. The van der Waals surface area contributed by atoms with Gasteiger partial charge in [-0.15, -0.1) is 0 Å². The van der Waals surface area contributed by atoms with Crippen molar-refractivity contribution in [2.75, 3.05) is 13.2 Å². The van der Waals surface area contributed by atoms with E-state index in [1.54, 1.807) is 6.92 Å². The number of esters is 1. The average molecular weight is 356 g/mol. The van der Waals surface area contributed by atoms with E-state index in [0.29, 0.717) is 27.7 Å². The van der Waals surface area contributed by atoms with E-state index < -0.39 is 0 Å². The van der Waals surface area contributed by atoms with Gasteiger partial charge in [0.15, 0.2) is 3.92 Å². The minimum atomic E-state index is -0.354. The lowest BCUT2D eigenvalue weighted by Crippen LogP contribution is -2.04. The number of carbonyl (C=O) groups is 1. The van der Waals surface area contributed by atoms with E-state index in [-0.39, 0.29) is 5.97 Å². The number of rotatable bonds is 5. The molecule has 106 valence electrons. The van der Waals surface area contributed by atoms with E-state index in [2.05, 4.69) is 20.9 Å². The lowest BCUT2D eigenvalue weighted by Gasteiger charge is -2.06. The van der Waals surface area contributed by atoms with Gasteiger partial charge >= 0.3 is 5.97 Å². The number of halogens is 1. The van der Waals surface area contributed by atoms with E-state index in [4.69, 9.17) is 9.47 Å². The highest BCUT2D eigenvalue weighted by Gasteiger charge is 2.20. The molecule has 0 aliphatic carbocycles. The zero-order valence-corrected chi connectivity index (χ0v) is 13.6. The fourth-order valence-electron chi connectivity index (χ4n) is 1.72. The summed E-state index contributed by atoms with van der Waals surface area (Å²) in [6.45, 7) is 4.64. The van der Waals surface area contributed by atoms with E-state index in [0.717, 1.165) is 11.3 Å². The van der Waals surface area contributed by atoms with Gasteiger partial charge in [-0.25, -0.2) is 9.78 Å². The maximum atomic E-state index is 12.0. The number of benzene rings is 1. The molecule has 0 amide bonds. The van der Waals surface area contributed by atoms with E-state index in [9.17, 15) is 4.79 Å². The normalized spacial score (nSPS) is 10.3. The maximum absolute atomic E-state index is 12.0. The fraction of sp³-hybridized carbons (Fsp3) is 0.286. The van der Waals surface area contributed by atoms with Crippen molar-refractivity contribution in [1.82, 2.24) is 4.98 Å². The van der Waals surface area contributed by atoms with Crippen LogP contribution in [-0.4, -0.2) is 24.2 Å². The molecular weight excluding hydrogens is 342 g/mol. The van der Waals surface area contributed by atoms with Gasteiger partial charge in [0.1, 0.15) is 10.6 Å². The Kier molecular flexibility index (Phi) is 5.14. The van der Waals surface area contributed by atoms with Crippen molar-refractivity contribution in [2.45, 2.75) is 13.8 Å². The molecule has 0 spiro atoms. The molecule has 1 aromatic heterocycles. The average Bonchev–Trinajstić information content (AvgIpc) is 2.82. The first-order chi connectivity index (χ1) is 9.65. The zero-order chi connectivity index (χ0) is 14.5. The summed E-state index contributed by atoms with van der Waals surface area (Å²) in [6, 6.07) is 7.52. The minimum absolute atomic E-state index is 0.340. The first-order valence-corrected chi connectivity index (χ1v) is 7.83. The first kappa shape index (κ1) is 15.0. The van der Waals surface area contributed by atoms with Crippen LogP contribution in [0.3, 0.4) is 0 Å². The fourth-order valence-corrected chi connectivity index (χ4v) is 3.10. The number of aromatic nitrogens is 1. The number of hydrogen-bond donors (Lipinski definition) is 0. The smallest absolute Gasteiger partial charge is 0.350 e. The molecule has 0 atom stereocenters. The molecule has 1 aromatic carbocycles. The van der Waals surface area contributed by atoms with Crippen LogP contribution in [0, 0.1) is 0 Å². The van der Waals surface area contributed by atoms with E-state index in [1.807, 2.05) is 31.2 Å². The number of ether oxygens (including phenoxy) is 2. The van der Waals surface area contributed by atoms with Crippen LogP contribution in [0.2, 0.25) is 0 Å². The molecule has 0 aliphatic rings. The minimum Gasteiger partial charge on any atom is -0.494 e. The largest absolute Gasteiger partial charge is 0.494 e. The standard InChI is InChI=1S/C14H14BrNO3S/c1-3-18-10-7-5-6-9(8-10)11-12(13(17)19-4-2)20-14(15)16-11/h5-8H,3-4H2,1-2H3. The Labute approximate surface area is 129 Å². The van der Waals surface area contributed by atoms with Gasteiger partial charge in [0.2, 0.25) is 0 Å². The molecule has 0 fully saturated rings. The lowest BCUT2D eigenvalue weighted by molar-refractivity contribution is 0.0532. The molecule has 0 saturated heterocycles. The Morgan fingerprint density at radius 2 is 2.15 bits per heavy atom. The Hall–Kier alpha value is -1.40. The molecule has 0 aliphatic heterocycles. The van der Waals surface area contributed by atoms with Gasteiger partial charge in [0, 0.05) is 5.56 Å². The second-order valence-electron chi connectivity index (χ2n) is 3.83. The summed E-state index contributed by atoms with van der Waals surface area (Å²) in [5.41, 5.74) is 1.45. The predicted octanol–water partition coefficient (Wildman–Crippen LogP) is 4.15. The second kappa shape index (κ2) is 6.85. The Morgan fingerprint density at radius 1 is 1.35 bits per heavy atom. The summed E-state index contributed by atoms with van der Waals surface area (Å²) in [5, 5.41) is 0. The van der Waals surface area contributed by atoms with Crippen molar-refractivity contribution in [3.8, 4) is 17.0 Å². The van der Waals surface area contributed by atoms with Crippen LogP contribution in [-0.2, 0) is 4.74 Å². The van der Waals surface area contributed by atoms with Crippen LogP contribution < -0.4 is 4.74 Å². The van der Waals surface area contributed by atoms with Crippen LogP contribution in [0.1, 0.15) is 23.5 Å². The van der Waals surface area contributed by atoms with Gasteiger partial charge in [-0.05, 0) is 41.9 Å². The summed E-state index contributed by atoms with van der Waals surface area (Å²) in [7, 11) is 0. The SMILES string of the molecule is CCOC(=O)c1sc(Br)nc1-c1cccc(OCC)c1. The van der Waals surface area contributed by atoms with Crippen molar-refractivity contribution in [2.24, 2.45) is 0 Å². The Morgan fingerprint density at radius 3 is 2.85 bits per heavy atom. The van der Waals surface area contributed by atoms with Gasteiger partial charge in [0.25, 0.3) is 0 Å². The number of nitrogens with zero attached hydrogens (tertiary/aromatic N) is 1. The van der Waals surface area contributed by atoms with Gasteiger partial charge < -0.3 is 9.47 Å². The summed E-state index contributed by atoms with van der Waals surface area (Å²) in [4.78, 5) is 16.8. The van der Waals surface area contributed by atoms with Crippen LogP contribution in [0.4, 0.5) is 0 Å². The molecule has 4 nitrogen and oxygen atoms in total. The third kappa shape index (κ3) is 3.37. The van der Waals surface area contributed by atoms with Crippen molar-refractivity contribution >= 4 is 33.2 Å². The van der Waals surface area contributed by atoms with Crippen molar-refractivity contribution < 1.29 is 14.3 Å². The number of thiazole rings is 1. The predicted molar refractivity (Wildman–Crippen MR) is 82.4 cm³/mol. The Bertz CT molecular complexity index is 612. The quantitative estimate of drug-likeness (QED) is 0.756. The second-order valence-corrected chi connectivity index (χ2v) is 6.10. The van der Waals surface area contributed by atoms with E-state index >= 15 is 0 Å². The van der Waals surface area contributed by atoms with E-state index in [1.165, 1.54) is 11.3 Å². The molecule has 0 unspecified atom stereocenters. The molecule has 1 heterocycles. The molecular formula is C14H14BrNO3S. The molecule has 20 heavy (non-hydrogen) atoms.